The summed E-state index contributed by atoms with van der Waals surface area (Å²) in [6, 6.07) is 9.26. The van der Waals surface area contributed by atoms with Crippen LogP contribution in [0, 0.1) is 5.92 Å². The Morgan fingerprint density at radius 2 is 2.08 bits per heavy atom. The number of piperidine rings is 1. The number of carbonyl (C=O) groups is 2. The number of benzene rings is 1. The first-order valence-electron chi connectivity index (χ1n) is 8.63. The minimum atomic E-state index is -0.800. The number of likely N-dealkylation sites (tertiary alicyclic amines) is 1. The highest BCUT2D eigenvalue weighted by atomic mass is 16.4. The van der Waals surface area contributed by atoms with Gasteiger partial charge in [-0.15, -0.1) is 0 Å². The normalized spacial score (nSPS) is 17.6. The number of hydrogen-bond donors (Lipinski definition) is 2. The molecule has 1 aliphatic rings. The Morgan fingerprint density at radius 3 is 2.88 bits per heavy atom. The average molecular weight is 342 g/mol. The maximum absolute atomic E-state index is 12.6. The molecule has 132 valence electrons. The molecule has 3 rings (SSSR count). The van der Waals surface area contributed by atoms with Gasteiger partial charge in [0.25, 0.3) is 5.56 Å². The highest BCUT2D eigenvalue weighted by Crippen LogP contribution is 2.21. The molecule has 0 radical (unpaired) electrons. The lowest BCUT2D eigenvalue weighted by molar-refractivity contribution is -0.137. The summed E-state index contributed by atoms with van der Waals surface area (Å²) >= 11 is 0. The number of aromatic nitrogens is 1. The van der Waals surface area contributed by atoms with Crippen LogP contribution in [0.4, 0.5) is 0 Å². The van der Waals surface area contributed by atoms with Crippen molar-refractivity contribution in [3.05, 3.63) is 46.2 Å². The molecule has 1 atom stereocenters. The Morgan fingerprint density at radius 1 is 1.28 bits per heavy atom. The standard InChI is InChI=1S/C19H22N2O4/c22-17(21-9-3-4-13(12-21)7-8-18(23)24)11-15-10-14-5-1-2-6-16(14)20-19(15)25/h1-2,5-6,10,13H,3-4,7-9,11-12H2,(H,20,25)(H,23,24). The number of carboxylic acid groups (broad SMARTS) is 1. The van der Waals surface area contributed by atoms with Gasteiger partial charge in [0.1, 0.15) is 0 Å². The summed E-state index contributed by atoms with van der Waals surface area (Å²) in [4.78, 5) is 40.1. The first-order valence-corrected chi connectivity index (χ1v) is 8.63. The van der Waals surface area contributed by atoms with Crippen molar-refractivity contribution in [2.24, 2.45) is 5.92 Å². The molecule has 6 nitrogen and oxygen atoms in total. The lowest BCUT2D eigenvalue weighted by Crippen LogP contribution is -2.41. The average Bonchev–Trinajstić information content (AvgIpc) is 2.61. The fourth-order valence-corrected chi connectivity index (χ4v) is 3.45. The highest BCUT2D eigenvalue weighted by molar-refractivity contribution is 5.82. The molecule has 1 aromatic heterocycles. The molecule has 1 unspecified atom stereocenters. The fraction of sp³-hybridized carbons (Fsp3) is 0.421. The van der Waals surface area contributed by atoms with Crippen molar-refractivity contribution < 1.29 is 14.7 Å². The third kappa shape index (κ3) is 4.26. The molecule has 1 fully saturated rings. The van der Waals surface area contributed by atoms with Gasteiger partial charge < -0.3 is 15.0 Å². The molecule has 1 aromatic carbocycles. The van der Waals surface area contributed by atoms with Crippen LogP contribution in [0.5, 0.6) is 0 Å². The Balaban J connectivity index is 1.68. The van der Waals surface area contributed by atoms with Gasteiger partial charge in [0.2, 0.25) is 5.91 Å². The quantitative estimate of drug-likeness (QED) is 0.871. The van der Waals surface area contributed by atoms with Gasteiger partial charge in [0, 0.05) is 30.6 Å². The number of para-hydroxylation sites is 1. The minimum Gasteiger partial charge on any atom is -0.481 e. The molecular weight excluding hydrogens is 320 g/mol. The van der Waals surface area contributed by atoms with E-state index in [2.05, 4.69) is 4.98 Å². The van der Waals surface area contributed by atoms with Gasteiger partial charge in [-0.05, 0) is 42.7 Å². The minimum absolute atomic E-state index is 0.0687. The van der Waals surface area contributed by atoms with E-state index in [9.17, 15) is 14.4 Å². The SMILES string of the molecule is O=C(O)CCC1CCCN(C(=O)Cc2cc3ccccc3[nH]c2=O)C1. The predicted molar refractivity (Wildman–Crippen MR) is 94.4 cm³/mol. The molecule has 2 heterocycles. The van der Waals surface area contributed by atoms with E-state index in [4.69, 9.17) is 5.11 Å². The van der Waals surface area contributed by atoms with Gasteiger partial charge >= 0.3 is 5.97 Å². The number of amides is 1. The molecule has 0 spiro atoms. The molecule has 1 aliphatic heterocycles. The Hall–Kier alpha value is -2.63. The number of carboxylic acids is 1. The molecule has 25 heavy (non-hydrogen) atoms. The number of aromatic amines is 1. The van der Waals surface area contributed by atoms with E-state index >= 15 is 0 Å². The second-order valence-corrected chi connectivity index (χ2v) is 6.67. The summed E-state index contributed by atoms with van der Waals surface area (Å²) in [5.74, 6) is -0.643. The lowest BCUT2D eigenvalue weighted by Gasteiger charge is -2.32. The highest BCUT2D eigenvalue weighted by Gasteiger charge is 2.24. The second kappa shape index (κ2) is 7.51. The first kappa shape index (κ1) is 17.2. The van der Waals surface area contributed by atoms with Crippen molar-refractivity contribution in [3.63, 3.8) is 0 Å². The zero-order chi connectivity index (χ0) is 17.8. The van der Waals surface area contributed by atoms with Crippen molar-refractivity contribution in [3.8, 4) is 0 Å². The molecule has 6 heteroatoms. The number of fused-ring (bicyclic) bond motifs is 1. The third-order valence-corrected chi connectivity index (χ3v) is 4.81. The lowest BCUT2D eigenvalue weighted by atomic mass is 9.93. The zero-order valence-electron chi connectivity index (χ0n) is 14.0. The largest absolute Gasteiger partial charge is 0.481 e. The summed E-state index contributed by atoms with van der Waals surface area (Å²) in [5.41, 5.74) is 0.998. The molecular formula is C19H22N2O4. The summed E-state index contributed by atoms with van der Waals surface area (Å²) in [5, 5.41) is 9.72. The maximum atomic E-state index is 12.6. The second-order valence-electron chi connectivity index (χ2n) is 6.67. The number of H-pyrrole nitrogens is 1. The van der Waals surface area contributed by atoms with E-state index in [0.29, 0.717) is 25.1 Å². The van der Waals surface area contributed by atoms with Crippen molar-refractivity contribution >= 4 is 22.8 Å². The number of pyridine rings is 1. The molecule has 2 aromatic rings. The Bertz CT molecular complexity index is 843. The van der Waals surface area contributed by atoms with Crippen LogP contribution >= 0.6 is 0 Å². The zero-order valence-corrected chi connectivity index (χ0v) is 14.0. The number of nitrogens with one attached hydrogen (secondary N) is 1. The van der Waals surface area contributed by atoms with Gasteiger partial charge in [0.05, 0.1) is 6.42 Å². The van der Waals surface area contributed by atoms with Crippen molar-refractivity contribution in [2.45, 2.75) is 32.1 Å². The van der Waals surface area contributed by atoms with Crippen LogP contribution in [0.2, 0.25) is 0 Å². The van der Waals surface area contributed by atoms with Crippen LogP contribution in [-0.2, 0) is 16.0 Å². The number of carbonyl (C=O) groups excluding carboxylic acids is 1. The third-order valence-electron chi connectivity index (χ3n) is 4.81. The van der Waals surface area contributed by atoms with Gasteiger partial charge in [-0.1, -0.05) is 18.2 Å². The number of aliphatic carboxylic acids is 1. The fourth-order valence-electron chi connectivity index (χ4n) is 3.45. The van der Waals surface area contributed by atoms with Crippen LogP contribution in [0.1, 0.15) is 31.2 Å². The van der Waals surface area contributed by atoms with E-state index < -0.39 is 5.97 Å². The van der Waals surface area contributed by atoms with Gasteiger partial charge in [-0.2, -0.15) is 0 Å². The molecule has 0 bridgehead atoms. The van der Waals surface area contributed by atoms with E-state index in [1.54, 1.807) is 11.0 Å². The van der Waals surface area contributed by atoms with Crippen molar-refractivity contribution in [1.29, 1.82) is 0 Å². The van der Waals surface area contributed by atoms with Crippen LogP contribution in [0.25, 0.3) is 10.9 Å². The molecule has 0 aliphatic carbocycles. The summed E-state index contributed by atoms with van der Waals surface area (Å²) in [6.07, 6.45) is 2.64. The van der Waals surface area contributed by atoms with Gasteiger partial charge in [0.15, 0.2) is 0 Å². The Kier molecular flexibility index (Phi) is 5.16. The van der Waals surface area contributed by atoms with Crippen LogP contribution in [-0.4, -0.2) is 40.0 Å². The number of hydrogen-bond acceptors (Lipinski definition) is 3. The number of rotatable bonds is 5. The smallest absolute Gasteiger partial charge is 0.303 e. The summed E-state index contributed by atoms with van der Waals surface area (Å²) < 4.78 is 0. The first-order chi connectivity index (χ1) is 12.0. The van der Waals surface area contributed by atoms with Crippen LogP contribution in [0.3, 0.4) is 0 Å². The summed E-state index contributed by atoms with van der Waals surface area (Å²) in [7, 11) is 0. The van der Waals surface area contributed by atoms with E-state index in [1.165, 1.54) is 0 Å². The molecule has 2 N–H and O–H groups in total. The summed E-state index contributed by atoms with van der Waals surface area (Å²) in [6.45, 7) is 1.26. The van der Waals surface area contributed by atoms with Crippen LogP contribution in [0.15, 0.2) is 35.1 Å². The Labute approximate surface area is 145 Å². The van der Waals surface area contributed by atoms with Gasteiger partial charge in [-0.3, -0.25) is 14.4 Å². The van der Waals surface area contributed by atoms with E-state index in [-0.39, 0.29) is 30.2 Å². The molecule has 1 amide bonds. The topological polar surface area (TPSA) is 90.5 Å². The van der Waals surface area contributed by atoms with E-state index in [1.807, 2.05) is 24.3 Å². The van der Waals surface area contributed by atoms with Crippen molar-refractivity contribution in [1.82, 2.24) is 9.88 Å². The van der Waals surface area contributed by atoms with Crippen LogP contribution < -0.4 is 5.56 Å². The van der Waals surface area contributed by atoms with E-state index in [0.717, 1.165) is 23.7 Å². The predicted octanol–water partition coefficient (Wildman–Crippen LogP) is 2.17. The monoisotopic (exact) mass is 342 g/mol. The van der Waals surface area contributed by atoms with Gasteiger partial charge in [-0.25, -0.2) is 0 Å². The maximum Gasteiger partial charge on any atom is 0.303 e. The van der Waals surface area contributed by atoms with Crippen molar-refractivity contribution in [2.75, 3.05) is 13.1 Å². The molecule has 1 saturated heterocycles. The molecule has 0 saturated carbocycles. The number of nitrogens with zero attached hydrogens (tertiary/aromatic N) is 1.